The lowest BCUT2D eigenvalue weighted by molar-refractivity contribution is -0.138. The highest BCUT2D eigenvalue weighted by atomic mass is 16.5. The molecule has 0 rings (SSSR count). The van der Waals surface area contributed by atoms with Gasteiger partial charge in [-0.3, -0.25) is 4.79 Å². The van der Waals surface area contributed by atoms with Crippen molar-refractivity contribution in [3.05, 3.63) is 12.3 Å². The van der Waals surface area contributed by atoms with Gasteiger partial charge in [0, 0.05) is 6.42 Å². The molecule has 2 heteroatoms. The minimum Gasteiger partial charge on any atom is -0.435 e. The number of rotatable bonds is 18. The molecule has 0 N–H and O–H groups in total. The maximum atomic E-state index is 11.3. The fourth-order valence-corrected chi connectivity index (χ4v) is 3.03. The molecule has 2 nitrogen and oxygen atoms in total. The minimum atomic E-state index is -0.118. The molecule has 0 aliphatic rings. The Hall–Kier alpha value is -0.790. The summed E-state index contributed by atoms with van der Waals surface area (Å²) in [6.07, 6.45) is 24.5. The molecule has 148 valence electrons. The molecule has 0 fully saturated rings. The van der Waals surface area contributed by atoms with Gasteiger partial charge < -0.3 is 4.74 Å². The van der Waals surface area contributed by atoms with Crippen molar-refractivity contribution in [1.82, 2.24) is 0 Å². The van der Waals surface area contributed by atoms with Crippen LogP contribution in [-0.4, -0.2) is 5.97 Å². The molecule has 0 aromatic rings. The first-order valence-electron chi connectivity index (χ1n) is 11.0. The largest absolute Gasteiger partial charge is 0.435 e. The van der Waals surface area contributed by atoms with Crippen LogP contribution in [-0.2, 0) is 9.53 Å². The van der Waals surface area contributed by atoms with Crippen molar-refractivity contribution in [3.63, 3.8) is 0 Å². The Morgan fingerprint density at radius 3 is 1.64 bits per heavy atom. The van der Waals surface area contributed by atoms with E-state index in [1.807, 2.05) is 19.9 Å². The van der Waals surface area contributed by atoms with Gasteiger partial charge >= 0.3 is 5.97 Å². The Labute approximate surface area is 157 Å². The number of hydrogen-bond acceptors (Lipinski definition) is 2. The second-order valence-corrected chi connectivity index (χ2v) is 7.84. The third kappa shape index (κ3) is 21.2. The minimum absolute atomic E-state index is 0.118. The molecule has 0 heterocycles. The molecule has 0 aromatic heterocycles. The van der Waals surface area contributed by atoms with E-state index in [2.05, 4.69) is 6.92 Å². The van der Waals surface area contributed by atoms with Gasteiger partial charge in [-0.1, -0.05) is 104 Å². The Morgan fingerprint density at radius 1 is 0.760 bits per heavy atom. The van der Waals surface area contributed by atoms with Crippen LogP contribution < -0.4 is 0 Å². The number of unbranched alkanes of at least 4 members (excludes halogenated alkanes) is 14. The molecule has 0 atom stereocenters. The predicted molar refractivity (Wildman–Crippen MR) is 110 cm³/mol. The van der Waals surface area contributed by atoms with Gasteiger partial charge in [-0.25, -0.2) is 0 Å². The van der Waals surface area contributed by atoms with Crippen molar-refractivity contribution in [2.45, 2.75) is 124 Å². The summed E-state index contributed by atoms with van der Waals surface area (Å²) in [4.78, 5) is 11.3. The average molecular weight is 353 g/mol. The van der Waals surface area contributed by atoms with E-state index in [1.165, 1.54) is 89.9 Å². The first-order valence-corrected chi connectivity index (χ1v) is 11.0. The molecule has 0 radical (unpaired) electrons. The van der Waals surface area contributed by atoms with Gasteiger partial charge in [-0.15, -0.1) is 0 Å². The van der Waals surface area contributed by atoms with Crippen LogP contribution in [0, 0.1) is 5.92 Å². The molecule has 0 spiro atoms. The summed E-state index contributed by atoms with van der Waals surface area (Å²) in [5, 5.41) is 0. The number of hydrogen-bond donors (Lipinski definition) is 0. The van der Waals surface area contributed by atoms with Crippen LogP contribution in [0.3, 0.4) is 0 Å². The molecule has 25 heavy (non-hydrogen) atoms. The second kappa shape index (κ2) is 19.5. The van der Waals surface area contributed by atoms with Crippen molar-refractivity contribution in [2.24, 2.45) is 5.92 Å². The molecule has 0 unspecified atom stereocenters. The fourth-order valence-electron chi connectivity index (χ4n) is 3.03. The third-order valence-corrected chi connectivity index (χ3v) is 4.59. The lowest BCUT2D eigenvalue weighted by Gasteiger charge is -2.03. The van der Waals surface area contributed by atoms with Crippen molar-refractivity contribution in [2.75, 3.05) is 0 Å². The van der Waals surface area contributed by atoms with Crippen LogP contribution in [0.25, 0.3) is 0 Å². The lowest BCUT2D eigenvalue weighted by atomic mass is 10.0. The summed E-state index contributed by atoms with van der Waals surface area (Å²) in [5.74, 6) is 0.249. The van der Waals surface area contributed by atoms with E-state index in [0.717, 1.165) is 6.42 Å². The Morgan fingerprint density at radius 2 is 1.20 bits per heavy atom. The summed E-state index contributed by atoms with van der Waals surface area (Å²) in [6, 6.07) is 0. The Kier molecular flexibility index (Phi) is 18.9. The average Bonchev–Trinajstić information content (AvgIpc) is 2.57. The maximum absolute atomic E-state index is 11.3. The van der Waals surface area contributed by atoms with Gasteiger partial charge in [0.15, 0.2) is 0 Å². The quantitative estimate of drug-likeness (QED) is 0.142. The molecule has 0 aromatic carbocycles. The fraction of sp³-hybridized carbons (Fsp3) is 0.870. The molecular weight excluding hydrogens is 308 g/mol. The van der Waals surface area contributed by atoms with Gasteiger partial charge in [0.25, 0.3) is 0 Å². The van der Waals surface area contributed by atoms with Gasteiger partial charge in [0.05, 0.1) is 6.26 Å². The summed E-state index contributed by atoms with van der Waals surface area (Å²) >= 11 is 0. The van der Waals surface area contributed by atoms with E-state index in [9.17, 15) is 4.79 Å². The summed E-state index contributed by atoms with van der Waals surface area (Å²) in [5.41, 5.74) is 0. The zero-order chi connectivity index (χ0) is 18.6. The first kappa shape index (κ1) is 24.2. The maximum Gasteiger partial charge on any atom is 0.310 e. The monoisotopic (exact) mass is 352 g/mol. The number of ether oxygens (including phenoxy) is 1. The standard InChI is InChI=1S/C23H44O2/c1-4-5-6-7-8-9-10-11-12-13-14-15-16-17-18-19-20-25-23(24)21-22(2)3/h19-20,22H,4-18,21H2,1-3H3. The van der Waals surface area contributed by atoms with Crippen LogP contribution >= 0.6 is 0 Å². The van der Waals surface area contributed by atoms with E-state index < -0.39 is 0 Å². The highest BCUT2D eigenvalue weighted by molar-refractivity contribution is 5.70. The summed E-state index contributed by atoms with van der Waals surface area (Å²) in [6.45, 7) is 6.33. The van der Waals surface area contributed by atoms with Gasteiger partial charge in [-0.05, 0) is 24.8 Å². The number of carbonyl (C=O) groups excluding carboxylic acids is 1. The molecule has 0 aliphatic carbocycles. The molecule has 0 bridgehead atoms. The zero-order valence-electron chi connectivity index (χ0n) is 17.4. The summed E-state index contributed by atoms with van der Waals surface area (Å²) in [7, 11) is 0. The van der Waals surface area contributed by atoms with E-state index in [4.69, 9.17) is 4.74 Å². The highest BCUT2D eigenvalue weighted by Crippen LogP contribution is 2.13. The third-order valence-electron chi connectivity index (χ3n) is 4.59. The SMILES string of the molecule is CCCCCCCCCCCCCCCCC=COC(=O)CC(C)C. The van der Waals surface area contributed by atoms with Crippen LogP contribution in [0.5, 0.6) is 0 Å². The van der Waals surface area contributed by atoms with Gasteiger partial charge in [-0.2, -0.15) is 0 Å². The predicted octanol–water partition coefficient (Wildman–Crippen LogP) is 7.96. The van der Waals surface area contributed by atoms with Crippen LogP contribution in [0.2, 0.25) is 0 Å². The van der Waals surface area contributed by atoms with E-state index >= 15 is 0 Å². The van der Waals surface area contributed by atoms with E-state index in [-0.39, 0.29) is 5.97 Å². The smallest absolute Gasteiger partial charge is 0.310 e. The number of esters is 1. The van der Waals surface area contributed by atoms with Crippen LogP contribution in [0.4, 0.5) is 0 Å². The van der Waals surface area contributed by atoms with Crippen LogP contribution in [0.1, 0.15) is 124 Å². The zero-order valence-corrected chi connectivity index (χ0v) is 17.4. The van der Waals surface area contributed by atoms with Crippen molar-refractivity contribution < 1.29 is 9.53 Å². The molecule has 0 saturated carbocycles. The number of carbonyl (C=O) groups is 1. The van der Waals surface area contributed by atoms with Crippen molar-refractivity contribution in [1.29, 1.82) is 0 Å². The van der Waals surface area contributed by atoms with Crippen molar-refractivity contribution >= 4 is 5.97 Å². The lowest BCUT2D eigenvalue weighted by Crippen LogP contribution is -2.03. The topological polar surface area (TPSA) is 26.3 Å². The normalized spacial score (nSPS) is 11.5. The van der Waals surface area contributed by atoms with E-state index in [0.29, 0.717) is 12.3 Å². The molecule has 0 aliphatic heterocycles. The van der Waals surface area contributed by atoms with E-state index in [1.54, 1.807) is 6.26 Å². The Bertz CT molecular complexity index is 307. The molecule has 0 amide bonds. The second-order valence-electron chi connectivity index (χ2n) is 7.84. The highest BCUT2D eigenvalue weighted by Gasteiger charge is 2.03. The first-order chi connectivity index (χ1) is 12.2. The van der Waals surface area contributed by atoms with Crippen molar-refractivity contribution in [3.8, 4) is 0 Å². The summed E-state index contributed by atoms with van der Waals surface area (Å²) < 4.78 is 5.05. The number of allylic oxidation sites excluding steroid dienone is 1. The van der Waals surface area contributed by atoms with Crippen LogP contribution in [0.15, 0.2) is 12.3 Å². The molecular formula is C23H44O2. The molecule has 0 saturated heterocycles. The Balaban J connectivity index is 3.15. The van der Waals surface area contributed by atoms with Gasteiger partial charge in [0.2, 0.25) is 0 Å². The van der Waals surface area contributed by atoms with Gasteiger partial charge in [0.1, 0.15) is 0 Å².